The molecule has 100 valence electrons. The second-order valence-corrected chi connectivity index (χ2v) is 5.02. The topological polar surface area (TPSA) is 76.2 Å². The van der Waals surface area contributed by atoms with Crippen molar-refractivity contribution in [3.8, 4) is 22.8 Å². The highest BCUT2D eigenvalue weighted by Crippen LogP contribution is 2.27. The lowest BCUT2D eigenvalue weighted by Gasteiger charge is -1.96. The molecular weight excluding hydrogens is 276 g/mol. The van der Waals surface area contributed by atoms with E-state index in [1.165, 1.54) is 12.1 Å². The number of benzene rings is 1. The minimum atomic E-state index is -0.986. The van der Waals surface area contributed by atoms with Crippen molar-refractivity contribution in [2.24, 2.45) is 0 Å². The van der Waals surface area contributed by atoms with E-state index in [4.69, 9.17) is 9.63 Å². The van der Waals surface area contributed by atoms with Gasteiger partial charge in [-0.15, -0.1) is 0 Å². The molecule has 0 unspecified atom stereocenters. The maximum Gasteiger partial charge on any atom is 0.335 e. The smallest absolute Gasteiger partial charge is 0.335 e. The lowest BCUT2D eigenvalue weighted by atomic mass is 10.1. The fraction of sp³-hybridized carbons (Fsp3) is 0.0714. The number of aromatic nitrogens is 2. The van der Waals surface area contributed by atoms with Crippen LogP contribution >= 0.6 is 11.3 Å². The Morgan fingerprint density at radius 2 is 2.20 bits per heavy atom. The molecule has 5 nitrogen and oxygen atoms in total. The van der Waals surface area contributed by atoms with Crippen molar-refractivity contribution in [1.29, 1.82) is 0 Å². The van der Waals surface area contributed by atoms with Crippen LogP contribution in [0.3, 0.4) is 0 Å². The zero-order chi connectivity index (χ0) is 14.1. The average molecular weight is 286 g/mol. The van der Waals surface area contributed by atoms with E-state index in [1.807, 2.05) is 17.7 Å². The Morgan fingerprint density at radius 1 is 1.35 bits per heavy atom. The molecule has 0 radical (unpaired) electrons. The van der Waals surface area contributed by atoms with E-state index in [0.717, 1.165) is 11.1 Å². The molecule has 0 saturated carbocycles. The van der Waals surface area contributed by atoms with Crippen molar-refractivity contribution in [3.63, 3.8) is 0 Å². The van der Waals surface area contributed by atoms with Gasteiger partial charge < -0.3 is 9.63 Å². The number of rotatable bonds is 3. The minimum absolute atomic E-state index is 0.189. The van der Waals surface area contributed by atoms with Crippen LogP contribution in [0.15, 0.2) is 39.5 Å². The first kappa shape index (κ1) is 12.6. The summed E-state index contributed by atoms with van der Waals surface area (Å²) in [5.74, 6) is -0.159. The van der Waals surface area contributed by atoms with E-state index in [1.54, 1.807) is 23.5 Å². The molecule has 0 fully saturated rings. The standard InChI is InChI=1S/C14H10N2O3S/c1-8-6-20-7-11(8)12-15-13(19-16-12)9-3-2-4-10(5-9)14(17)18/h2-7H,1H3,(H,17,18). The van der Waals surface area contributed by atoms with E-state index in [-0.39, 0.29) is 5.56 Å². The van der Waals surface area contributed by atoms with Gasteiger partial charge in [0.2, 0.25) is 5.82 Å². The van der Waals surface area contributed by atoms with Gasteiger partial charge in [-0.1, -0.05) is 11.2 Å². The van der Waals surface area contributed by atoms with Crippen LogP contribution in [0.25, 0.3) is 22.8 Å². The van der Waals surface area contributed by atoms with Gasteiger partial charge in [0.15, 0.2) is 0 Å². The zero-order valence-electron chi connectivity index (χ0n) is 10.5. The Labute approximate surface area is 118 Å². The molecule has 0 amide bonds. The largest absolute Gasteiger partial charge is 0.478 e. The Kier molecular flexibility index (Phi) is 3.08. The number of hydrogen-bond acceptors (Lipinski definition) is 5. The van der Waals surface area contributed by atoms with Crippen molar-refractivity contribution in [3.05, 3.63) is 46.2 Å². The molecule has 20 heavy (non-hydrogen) atoms. The molecule has 0 atom stereocenters. The summed E-state index contributed by atoms with van der Waals surface area (Å²) >= 11 is 1.57. The summed E-state index contributed by atoms with van der Waals surface area (Å²) in [5.41, 5.74) is 2.80. The molecule has 1 N–H and O–H groups in total. The van der Waals surface area contributed by atoms with Crippen molar-refractivity contribution < 1.29 is 14.4 Å². The molecule has 0 aliphatic rings. The van der Waals surface area contributed by atoms with Crippen LogP contribution in [0, 0.1) is 6.92 Å². The number of nitrogens with zero attached hydrogens (tertiary/aromatic N) is 2. The van der Waals surface area contributed by atoms with E-state index >= 15 is 0 Å². The third-order valence-electron chi connectivity index (χ3n) is 2.88. The normalized spacial score (nSPS) is 10.7. The molecule has 0 bridgehead atoms. The number of aromatic carboxylic acids is 1. The third kappa shape index (κ3) is 2.21. The first-order valence-corrected chi connectivity index (χ1v) is 6.80. The second kappa shape index (κ2) is 4.90. The minimum Gasteiger partial charge on any atom is -0.478 e. The summed E-state index contributed by atoms with van der Waals surface area (Å²) in [4.78, 5) is 15.3. The van der Waals surface area contributed by atoms with E-state index in [0.29, 0.717) is 17.3 Å². The summed E-state index contributed by atoms with van der Waals surface area (Å²) < 4.78 is 5.21. The Balaban J connectivity index is 2.00. The second-order valence-electron chi connectivity index (χ2n) is 4.28. The first-order valence-electron chi connectivity index (χ1n) is 5.86. The highest BCUT2D eigenvalue weighted by Gasteiger charge is 2.14. The predicted molar refractivity (Wildman–Crippen MR) is 74.7 cm³/mol. The van der Waals surface area contributed by atoms with Crippen molar-refractivity contribution >= 4 is 17.3 Å². The van der Waals surface area contributed by atoms with Crippen LogP contribution in [-0.2, 0) is 0 Å². The molecular formula is C14H10N2O3S. The van der Waals surface area contributed by atoms with Crippen LogP contribution in [0.4, 0.5) is 0 Å². The number of carboxylic acids is 1. The van der Waals surface area contributed by atoms with Gasteiger partial charge in [-0.2, -0.15) is 16.3 Å². The van der Waals surface area contributed by atoms with Crippen LogP contribution in [0.2, 0.25) is 0 Å². The molecule has 6 heteroatoms. The third-order valence-corrected chi connectivity index (χ3v) is 3.74. The maximum absolute atomic E-state index is 11.0. The van der Waals surface area contributed by atoms with Crippen LogP contribution in [0.5, 0.6) is 0 Å². The van der Waals surface area contributed by atoms with Gasteiger partial charge in [0.05, 0.1) is 5.56 Å². The molecule has 0 aliphatic carbocycles. The molecule has 0 aliphatic heterocycles. The number of thiophene rings is 1. The Bertz CT molecular complexity index is 776. The highest BCUT2D eigenvalue weighted by atomic mass is 32.1. The van der Waals surface area contributed by atoms with Gasteiger partial charge in [0, 0.05) is 16.5 Å². The summed E-state index contributed by atoms with van der Waals surface area (Å²) in [5, 5.41) is 16.9. The molecule has 1 aromatic carbocycles. The number of carboxylic acid groups (broad SMARTS) is 1. The quantitative estimate of drug-likeness (QED) is 0.797. The molecule has 0 spiro atoms. The van der Waals surface area contributed by atoms with Crippen LogP contribution < -0.4 is 0 Å². The highest BCUT2D eigenvalue weighted by molar-refractivity contribution is 7.08. The molecule has 3 aromatic rings. The lowest BCUT2D eigenvalue weighted by molar-refractivity contribution is 0.0697. The fourth-order valence-electron chi connectivity index (χ4n) is 1.83. The van der Waals surface area contributed by atoms with Gasteiger partial charge >= 0.3 is 5.97 Å². The molecule has 2 heterocycles. The molecule has 2 aromatic heterocycles. The van der Waals surface area contributed by atoms with Gasteiger partial charge in [-0.25, -0.2) is 4.79 Å². The summed E-state index contributed by atoms with van der Waals surface area (Å²) in [6.07, 6.45) is 0. The zero-order valence-corrected chi connectivity index (χ0v) is 11.3. The summed E-state index contributed by atoms with van der Waals surface area (Å²) in [6, 6.07) is 6.43. The molecule has 0 saturated heterocycles. The van der Waals surface area contributed by atoms with Gasteiger partial charge in [-0.05, 0) is 36.1 Å². The van der Waals surface area contributed by atoms with Crippen molar-refractivity contribution in [2.45, 2.75) is 6.92 Å². The predicted octanol–water partition coefficient (Wildman–Crippen LogP) is 3.47. The lowest BCUT2D eigenvalue weighted by Crippen LogP contribution is -1.95. The first-order chi connectivity index (χ1) is 9.65. The van der Waals surface area contributed by atoms with Crippen LogP contribution in [-0.4, -0.2) is 21.2 Å². The number of hydrogen-bond donors (Lipinski definition) is 1. The summed E-state index contributed by atoms with van der Waals surface area (Å²) in [6.45, 7) is 1.98. The number of aryl methyl sites for hydroxylation is 1. The van der Waals surface area contributed by atoms with E-state index < -0.39 is 5.97 Å². The average Bonchev–Trinajstić information content (AvgIpc) is 3.07. The Hall–Kier alpha value is -2.47. The van der Waals surface area contributed by atoms with Crippen molar-refractivity contribution in [2.75, 3.05) is 0 Å². The number of carbonyl (C=O) groups is 1. The van der Waals surface area contributed by atoms with Gasteiger partial charge in [0.1, 0.15) is 0 Å². The maximum atomic E-state index is 11.0. The molecule has 3 rings (SSSR count). The van der Waals surface area contributed by atoms with Gasteiger partial charge in [0.25, 0.3) is 5.89 Å². The van der Waals surface area contributed by atoms with E-state index in [9.17, 15) is 4.79 Å². The monoisotopic (exact) mass is 286 g/mol. The van der Waals surface area contributed by atoms with Gasteiger partial charge in [-0.3, -0.25) is 0 Å². The fourth-order valence-corrected chi connectivity index (χ4v) is 2.65. The van der Waals surface area contributed by atoms with Crippen LogP contribution in [0.1, 0.15) is 15.9 Å². The Morgan fingerprint density at radius 3 is 2.90 bits per heavy atom. The SMILES string of the molecule is Cc1cscc1-c1noc(-c2cccc(C(=O)O)c2)n1. The van der Waals surface area contributed by atoms with Crippen molar-refractivity contribution in [1.82, 2.24) is 10.1 Å². The van der Waals surface area contributed by atoms with E-state index in [2.05, 4.69) is 10.1 Å². The summed E-state index contributed by atoms with van der Waals surface area (Å²) in [7, 11) is 0.